The van der Waals surface area contributed by atoms with E-state index in [1.54, 1.807) is 0 Å². The van der Waals surface area contributed by atoms with Crippen molar-refractivity contribution < 1.29 is 23.7 Å². The number of nitrogens with zero attached hydrogens (tertiary/aromatic N) is 4. The van der Waals surface area contributed by atoms with Crippen molar-refractivity contribution >= 4 is 0 Å². The molecular formula is C54H114N4O5. The zero-order valence-corrected chi connectivity index (χ0v) is 45.4. The molecule has 9 nitrogen and oxygen atoms in total. The minimum Gasteiger partial charge on any atom is -0.377 e. The van der Waals surface area contributed by atoms with Gasteiger partial charge < -0.3 is 43.3 Å². The van der Waals surface area contributed by atoms with Crippen molar-refractivity contribution in [2.24, 2.45) is 47.3 Å². The average Bonchev–Trinajstić information content (AvgIpc) is 3.19. The highest BCUT2D eigenvalue weighted by Gasteiger charge is 2.21. The summed E-state index contributed by atoms with van der Waals surface area (Å²) in [6.45, 7) is 54.7. The van der Waals surface area contributed by atoms with Gasteiger partial charge in [-0.05, 0) is 151 Å². The Bertz CT molecular complexity index is 771. The molecule has 0 aliphatic rings. The van der Waals surface area contributed by atoms with E-state index < -0.39 is 0 Å². The molecule has 0 aliphatic heterocycles. The maximum absolute atomic E-state index is 6.96. The lowest BCUT2D eigenvalue weighted by Crippen LogP contribution is -2.39. The van der Waals surface area contributed by atoms with Gasteiger partial charge >= 0.3 is 0 Å². The number of hydrogen-bond acceptors (Lipinski definition) is 9. The smallest absolute Gasteiger partial charge is 0.105 e. The van der Waals surface area contributed by atoms with Crippen LogP contribution < -0.4 is 0 Å². The van der Waals surface area contributed by atoms with E-state index in [2.05, 4.69) is 130 Å². The molecule has 0 rings (SSSR count). The molecule has 9 heteroatoms. The van der Waals surface area contributed by atoms with Gasteiger partial charge in [-0.3, -0.25) is 0 Å². The van der Waals surface area contributed by atoms with Crippen LogP contribution in [0, 0.1) is 47.3 Å². The summed E-state index contributed by atoms with van der Waals surface area (Å²) in [6.07, 6.45) is 9.30. The number of ether oxygens (including phenoxy) is 5. The van der Waals surface area contributed by atoms with Gasteiger partial charge in [0.2, 0.25) is 0 Å². The molecule has 63 heavy (non-hydrogen) atoms. The van der Waals surface area contributed by atoms with Gasteiger partial charge in [0.05, 0.1) is 52.9 Å². The van der Waals surface area contributed by atoms with Gasteiger partial charge in [0.1, 0.15) is 12.2 Å². The Balaban J connectivity index is 6.03. The van der Waals surface area contributed by atoms with E-state index in [4.69, 9.17) is 23.7 Å². The highest BCUT2D eigenvalue weighted by molar-refractivity contribution is 4.69. The molecule has 380 valence electrons. The average molecular weight is 900 g/mol. The molecule has 0 atom stereocenters. The molecule has 0 unspecified atom stereocenters. The lowest BCUT2D eigenvalue weighted by molar-refractivity contribution is -0.132. The van der Waals surface area contributed by atoms with Crippen LogP contribution in [0.3, 0.4) is 0 Å². The molecule has 0 radical (unpaired) electrons. The monoisotopic (exact) mass is 899 g/mol. The molecule has 0 aromatic carbocycles. The maximum Gasteiger partial charge on any atom is 0.105 e. The van der Waals surface area contributed by atoms with Crippen LogP contribution in [-0.2, 0) is 23.7 Å². The quantitative estimate of drug-likeness (QED) is 0.0556. The van der Waals surface area contributed by atoms with E-state index in [1.807, 2.05) is 0 Å². The Morgan fingerprint density at radius 1 is 0.238 bits per heavy atom. The standard InChI is InChI=1S/C54H114N4O5/c1-45(2)17-25-55(26-18-46(3)4)33-37-59-41-53(42-60-38-34-56(27-19-47(5)6)28-20-48(7)8)63-54(43-61-39-35-57(29-21-49(9)10)30-22-50(11)12)44-62-40-36-58(31-23-51(13)14)32-24-52(15)16/h45-54H,17-44H2,1-16H3. The summed E-state index contributed by atoms with van der Waals surface area (Å²) in [5, 5.41) is 0. The molecule has 0 aliphatic carbocycles. The summed E-state index contributed by atoms with van der Waals surface area (Å²) in [7, 11) is 0. The normalized spacial score (nSPS) is 13.0. The van der Waals surface area contributed by atoms with Gasteiger partial charge in [-0.25, -0.2) is 0 Å². The summed E-state index contributed by atoms with van der Waals surface area (Å²) in [6, 6.07) is 0. The number of rotatable bonds is 46. The highest BCUT2D eigenvalue weighted by Crippen LogP contribution is 2.12. The molecule has 0 saturated carbocycles. The summed E-state index contributed by atoms with van der Waals surface area (Å²) in [5.41, 5.74) is 0. The molecule has 0 heterocycles. The third kappa shape index (κ3) is 42.7. The fourth-order valence-corrected chi connectivity index (χ4v) is 7.03. The molecule has 0 saturated heterocycles. The van der Waals surface area contributed by atoms with Crippen LogP contribution in [0.4, 0.5) is 0 Å². The Morgan fingerprint density at radius 3 is 0.540 bits per heavy atom. The zero-order chi connectivity index (χ0) is 47.4. The van der Waals surface area contributed by atoms with Crippen molar-refractivity contribution in [3.63, 3.8) is 0 Å². The van der Waals surface area contributed by atoms with Crippen LogP contribution in [0.25, 0.3) is 0 Å². The second-order valence-corrected chi connectivity index (χ2v) is 22.5. The first kappa shape index (κ1) is 62.6. The molecule has 0 spiro atoms. The van der Waals surface area contributed by atoms with E-state index in [0.717, 1.165) is 78.5 Å². The van der Waals surface area contributed by atoms with Crippen LogP contribution in [0.5, 0.6) is 0 Å². The summed E-state index contributed by atoms with van der Waals surface area (Å²) in [5.74, 6) is 5.57. The zero-order valence-electron chi connectivity index (χ0n) is 45.4. The van der Waals surface area contributed by atoms with E-state index >= 15 is 0 Å². The van der Waals surface area contributed by atoms with Gasteiger partial charge in [0.25, 0.3) is 0 Å². The first-order valence-corrected chi connectivity index (χ1v) is 26.7. The molecule has 0 fully saturated rings. The fraction of sp³-hybridized carbons (Fsp3) is 1.00. The lowest BCUT2D eigenvalue weighted by Gasteiger charge is -2.28. The number of hydrogen-bond donors (Lipinski definition) is 0. The summed E-state index contributed by atoms with van der Waals surface area (Å²) in [4.78, 5) is 10.4. The van der Waals surface area contributed by atoms with Gasteiger partial charge in [0.15, 0.2) is 0 Å². The Kier molecular flexibility index (Phi) is 40.5. The minimum atomic E-state index is -0.205. The largest absolute Gasteiger partial charge is 0.377 e. The van der Waals surface area contributed by atoms with Crippen LogP contribution >= 0.6 is 0 Å². The van der Waals surface area contributed by atoms with Gasteiger partial charge in [-0.2, -0.15) is 0 Å². The Hall–Kier alpha value is -0.360. The molecule has 0 amide bonds. The van der Waals surface area contributed by atoms with Crippen molar-refractivity contribution in [3.05, 3.63) is 0 Å². The fourth-order valence-electron chi connectivity index (χ4n) is 7.03. The van der Waals surface area contributed by atoms with Crippen molar-refractivity contribution in [2.45, 2.75) is 174 Å². The van der Waals surface area contributed by atoms with E-state index in [-0.39, 0.29) is 12.2 Å². The first-order valence-electron chi connectivity index (χ1n) is 26.7. The molecule has 0 bridgehead atoms. The van der Waals surface area contributed by atoms with E-state index in [1.165, 1.54) is 51.4 Å². The second kappa shape index (κ2) is 40.7. The van der Waals surface area contributed by atoms with Gasteiger partial charge in [0, 0.05) is 26.2 Å². The van der Waals surface area contributed by atoms with Crippen LogP contribution in [0.15, 0.2) is 0 Å². The minimum absolute atomic E-state index is 0.205. The summed E-state index contributed by atoms with van der Waals surface area (Å²) < 4.78 is 32.9. The molecule has 0 aromatic rings. The van der Waals surface area contributed by atoms with Crippen molar-refractivity contribution in [2.75, 3.05) is 131 Å². The third-order valence-corrected chi connectivity index (χ3v) is 12.0. The highest BCUT2D eigenvalue weighted by atomic mass is 16.6. The van der Waals surface area contributed by atoms with Crippen LogP contribution in [0.2, 0.25) is 0 Å². The topological polar surface area (TPSA) is 59.1 Å². The van der Waals surface area contributed by atoms with Crippen molar-refractivity contribution in [1.82, 2.24) is 19.6 Å². The predicted octanol–water partition coefficient (Wildman–Crippen LogP) is 11.4. The second-order valence-electron chi connectivity index (χ2n) is 22.5. The van der Waals surface area contributed by atoms with Crippen molar-refractivity contribution in [1.29, 1.82) is 0 Å². The third-order valence-electron chi connectivity index (χ3n) is 12.0. The SMILES string of the molecule is CC(C)CCN(CCOCC(COCCN(CCC(C)C)CCC(C)C)OC(COCCN(CCC(C)C)CCC(C)C)COCCN(CCC(C)C)CCC(C)C)CCC(C)C. The first-order chi connectivity index (χ1) is 29.9. The lowest BCUT2D eigenvalue weighted by atomic mass is 10.1. The molecule has 0 aromatic heterocycles. The molecule has 0 N–H and O–H groups in total. The van der Waals surface area contributed by atoms with Crippen molar-refractivity contribution in [3.8, 4) is 0 Å². The maximum atomic E-state index is 6.96. The Morgan fingerprint density at radius 2 is 0.397 bits per heavy atom. The Labute approximate surface area is 395 Å². The van der Waals surface area contributed by atoms with E-state index in [9.17, 15) is 0 Å². The predicted molar refractivity (Wildman–Crippen MR) is 273 cm³/mol. The van der Waals surface area contributed by atoms with E-state index in [0.29, 0.717) is 100 Å². The van der Waals surface area contributed by atoms with Gasteiger partial charge in [-0.1, -0.05) is 111 Å². The van der Waals surface area contributed by atoms with Crippen LogP contribution in [0.1, 0.15) is 162 Å². The van der Waals surface area contributed by atoms with Crippen LogP contribution in [-0.4, -0.2) is 163 Å². The molecular weight excluding hydrogens is 785 g/mol. The summed E-state index contributed by atoms with van der Waals surface area (Å²) >= 11 is 0. The van der Waals surface area contributed by atoms with Gasteiger partial charge in [-0.15, -0.1) is 0 Å².